The third kappa shape index (κ3) is 4.19. The van der Waals surface area contributed by atoms with Gasteiger partial charge in [-0.15, -0.1) is 10.8 Å². The summed E-state index contributed by atoms with van der Waals surface area (Å²) in [7, 11) is 3.59. The van der Waals surface area contributed by atoms with E-state index in [1.54, 1.807) is 7.11 Å². The minimum Gasteiger partial charge on any atom is -0.385 e. The molecule has 4 nitrogen and oxygen atoms in total. The van der Waals surface area contributed by atoms with E-state index in [1.165, 1.54) is 11.1 Å². The van der Waals surface area contributed by atoms with E-state index in [0.717, 1.165) is 24.5 Å². The zero-order valence-corrected chi connectivity index (χ0v) is 17.9. The summed E-state index contributed by atoms with van der Waals surface area (Å²) in [6.45, 7) is 2.21. The Morgan fingerprint density at radius 1 is 1.00 bits per heavy atom. The van der Waals surface area contributed by atoms with Crippen molar-refractivity contribution in [2.75, 3.05) is 25.2 Å². The Morgan fingerprint density at radius 2 is 1.61 bits per heavy atom. The van der Waals surface area contributed by atoms with Gasteiger partial charge in [0.25, 0.3) is 0 Å². The first kappa shape index (κ1) is 19.7. The summed E-state index contributed by atoms with van der Waals surface area (Å²) >= 11 is 0. The molecule has 150 valence electrons. The van der Waals surface area contributed by atoms with E-state index in [-0.39, 0.29) is 16.0 Å². The van der Waals surface area contributed by atoms with Crippen LogP contribution in [0.3, 0.4) is 0 Å². The fraction of sp³-hybridized carbons (Fsp3) is 0.409. The van der Waals surface area contributed by atoms with Gasteiger partial charge in [-0.3, -0.25) is 0 Å². The van der Waals surface area contributed by atoms with Crippen molar-refractivity contribution in [1.82, 2.24) is 9.80 Å². The average molecular weight is 417 g/mol. The Morgan fingerprint density at radius 3 is 2.21 bits per heavy atom. The van der Waals surface area contributed by atoms with Crippen molar-refractivity contribution in [2.24, 2.45) is 0 Å². The van der Waals surface area contributed by atoms with E-state index in [2.05, 4.69) is 69.1 Å². The van der Waals surface area contributed by atoms with Crippen molar-refractivity contribution < 1.29 is 9.53 Å². The number of fused-ring (bicyclic) bond motifs is 1. The maximum atomic E-state index is 13.4. The summed E-state index contributed by atoms with van der Waals surface area (Å²) in [4.78, 5) is 17.7. The molecule has 3 unspecified atom stereocenters. The maximum absolute atomic E-state index is 13.4. The number of urea groups is 1. The molecule has 0 spiro atoms. The van der Waals surface area contributed by atoms with Crippen LogP contribution in [0.4, 0.5) is 4.79 Å². The van der Waals surface area contributed by atoms with Gasteiger partial charge in [-0.1, -0.05) is 60.7 Å². The molecule has 0 aliphatic carbocycles. The highest BCUT2D eigenvalue weighted by atomic mass is 33.1. The molecule has 28 heavy (non-hydrogen) atoms. The van der Waals surface area contributed by atoms with Gasteiger partial charge in [0.2, 0.25) is 0 Å². The number of carbonyl (C=O) groups is 1. The second kappa shape index (κ2) is 9.25. The van der Waals surface area contributed by atoms with Crippen LogP contribution in [0.2, 0.25) is 0 Å². The summed E-state index contributed by atoms with van der Waals surface area (Å²) in [5.41, 5.74) is 2.41. The molecule has 2 heterocycles. The minimum atomic E-state index is -0.260. The Kier molecular flexibility index (Phi) is 6.50. The van der Waals surface area contributed by atoms with E-state index in [1.807, 2.05) is 12.1 Å². The molecule has 0 bridgehead atoms. The third-order valence-corrected chi connectivity index (χ3v) is 10.8. The molecule has 0 N–H and O–H groups in total. The number of hydrogen-bond donors (Lipinski definition) is 1. The Hall–Kier alpha value is -1.63. The van der Waals surface area contributed by atoms with Gasteiger partial charge in [0.1, 0.15) is 0 Å². The molecule has 6 heteroatoms. The molecule has 0 radical (unpaired) electrons. The van der Waals surface area contributed by atoms with Crippen LogP contribution in [-0.2, 0) is 17.8 Å². The van der Waals surface area contributed by atoms with Crippen molar-refractivity contribution in [1.29, 1.82) is 0 Å². The van der Waals surface area contributed by atoms with Crippen molar-refractivity contribution in [3.63, 3.8) is 0 Å². The second-order valence-corrected chi connectivity index (χ2v) is 11.9. The number of methoxy groups -OCH3 is 1. The molecule has 3 atom stereocenters. The Balaban J connectivity index is 1.56. The monoisotopic (exact) mass is 416 g/mol. The summed E-state index contributed by atoms with van der Waals surface area (Å²) in [6, 6.07) is 21.3. The molecule has 2 aromatic rings. The van der Waals surface area contributed by atoms with Gasteiger partial charge in [0, 0.05) is 32.6 Å². The average Bonchev–Trinajstić information content (AvgIpc) is 3.24. The van der Waals surface area contributed by atoms with Crippen LogP contribution < -0.4 is 0 Å². The van der Waals surface area contributed by atoms with Crippen LogP contribution in [0.25, 0.3) is 0 Å². The highest BCUT2D eigenvalue weighted by Gasteiger charge is 2.51. The first-order valence-electron chi connectivity index (χ1n) is 9.81. The first-order valence-corrected chi connectivity index (χ1v) is 13.0. The Labute approximate surface area is 174 Å². The number of amides is 2. The number of benzene rings is 2. The SMILES string of the molecule is COCCC[SH]1SCC2C1N(Cc1ccccc1)C(=O)N2Cc1ccccc1. The van der Waals surface area contributed by atoms with Crippen LogP contribution in [0.15, 0.2) is 60.7 Å². The molecule has 2 fully saturated rings. The third-order valence-electron chi connectivity index (χ3n) is 5.38. The first-order chi connectivity index (χ1) is 13.8. The highest BCUT2D eigenvalue weighted by molar-refractivity contribution is 8.86. The van der Waals surface area contributed by atoms with Crippen molar-refractivity contribution in [2.45, 2.75) is 30.9 Å². The summed E-state index contributed by atoms with van der Waals surface area (Å²) < 4.78 is 5.27. The topological polar surface area (TPSA) is 32.8 Å². The number of ether oxygens (including phenoxy) is 1. The van der Waals surface area contributed by atoms with Crippen LogP contribution in [0.1, 0.15) is 17.5 Å². The largest absolute Gasteiger partial charge is 0.385 e. The van der Waals surface area contributed by atoms with Gasteiger partial charge in [0.15, 0.2) is 0 Å². The van der Waals surface area contributed by atoms with E-state index < -0.39 is 0 Å². The van der Waals surface area contributed by atoms with Crippen LogP contribution >= 0.6 is 20.7 Å². The lowest BCUT2D eigenvalue weighted by Crippen LogP contribution is -2.35. The zero-order valence-electron chi connectivity index (χ0n) is 16.2. The highest BCUT2D eigenvalue weighted by Crippen LogP contribution is 2.58. The van der Waals surface area contributed by atoms with E-state index >= 15 is 0 Å². The smallest absolute Gasteiger partial charge is 0.321 e. The lowest BCUT2D eigenvalue weighted by molar-refractivity contribution is 0.184. The normalized spacial score (nSPS) is 25.3. The fourth-order valence-electron chi connectivity index (χ4n) is 4.03. The van der Waals surface area contributed by atoms with E-state index in [4.69, 9.17) is 4.74 Å². The minimum absolute atomic E-state index is 0.197. The molecule has 0 aromatic heterocycles. The quantitative estimate of drug-likeness (QED) is 0.390. The zero-order chi connectivity index (χ0) is 19.3. The molecule has 2 saturated heterocycles. The maximum Gasteiger partial charge on any atom is 0.321 e. The molecular weight excluding hydrogens is 388 g/mol. The predicted octanol–water partition coefficient (Wildman–Crippen LogP) is 4.52. The molecule has 0 saturated carbocycles. The van der Waals surface area contributed by atoms with Crippen LogP contribution in [0.5, 0.6) is 0 Å². The predicted molar refractivity (Wildman–Crippen MR) is 120 cm³/mol. The molecule has 2 aromatic carbocycles. The van der Waals surface area contributed by atoms with E-state index in [0.29, 0.717) is 24.5 Å². The number of thiol groups is 1. The standard InChI is InChI=1S/C22H28N2O2S2/c1-26-13-8-14-28-21-20(17-27-28)23(15-18-9-4-2-5-10-18)22(25)24(21)16-19-11-6-3-7-12-19/h2-7,9-12,20-21,28H,8,13-17H2,1H3. The summed E-state index contributed by atoms with van der Waals surface area (Å²) in [6.07, 6.45) is 1.07. The van der Waals surface area contributed by atoms with Crippen LogP contribution in [0, 0.1) is 0 Å². The lowest BCUT2D eigenvalue weighted by atomic mass is 10.2. The second-order valence-electron chi connectivity index (χ2n) is 7.27. The van der Waals surface area contributed by atoms with Crippen molar-refractivity contribution in [3.8, 4) is 0 Å². The Bertz CT molecular complexity index is 775. The van der Waals surface area contributed by atoms with Gasteiger partial charge in [-0.25, -0.2) is 4.79 Å². The number of rotatable bonds is 8. The lowest BCUT2D eigenvalue weighted by Gasteiger charge is -2.29. The van der Waals surface area contributed by atoms with Crippen molar-refractivity contribution >= 4 is 26.8 Å². The number of hydrogen-bond acceptors (Lipinski definition) is 3. The van der Waals surface area contributed by atoms with E-state index in [9.17, 15) is 4.79 Å². The number of nitrogens with zero attached hydrogens (tertiary/aromatic N) is 2. The van der Waals surface area contributed by atoms with Gasteiger partial charge in [-0.05, 0) is 23.3 Å². The van der Waals surface area contributed by atoms with Gasteiger partial charge in [-0.2, -0.15) is 9.93 Å². The van der Waals surface area contributed by atoms with Gasteiger partial charge >= 0.3 is 6.03 Å². The molecule has 4 rings (SSSR count). The van der Waals surface area contributed by atoms with Crippen molar-refractivity contribution in [3.05, 3.63) is 71.8 Å². The summed E-state index contributed by atoms with van der Waals surface area (Å²) in [5.74, 6) is 2.21. The molecular formula is C22H28N2O2S2. The van der Waals surface area contributed by atoms with Gasteiger partial charge < -0.3 is 14.5 Å². The fourth-order valence-corrected chi connectivity index (χ4v) is 10.0. The number of carbonyl (C=O) groups excluding carboxylic acids is 1. The molecule has 2 aliphatic rings. The van der Waals surface area contributed by atoms with Gasteiger partial charge in [0.05, 0.1) is 11.4 Å². The summed E-state index contributed by atoms with van der Waals surface area (Å²) in [5, 5.41) is 0.341. The molecule has 2 amide bonds. The molecule has 2 aliphatic heterocycles. The van der Waals surface area contributed by atoms with Crippen LogP contribution in [-0.4, -0.2) is 52.5 Å².